The molecule has 3 N–H and O–H groups in total. The van der Waals surface area contributed by atoms with Crippen molar-refractivity contribution >= 4 is 0 Å². The largest absolute Gasteiger partial charge is 0.394 e. The summed E-state index contributed by atoms with van der Waals surface area (Å²) < 4.78 is 24.7. The van der Waals surface area contributed by atoms with Crippen LogP contribution in [-0.4, -0.2) is 11.7 Å². The Labute approximate surface area is 81.4 Å². The van der Waals surface area contributed by atoms with Gasteiger partial charge in [-0.1, -0.05) is 18.2 Å². The summed E-state index contributed by atoms with van der Waals surface area (Å²) in [7, 11) is 0. The summed E-state index contributed by atoms with van der Waals surface area (Å²) in [5, 5.41) is 8.96. The molecule has 0 aliphatic rings. The quantitative estimate of drug-likeness (QED) is 0.783. The van der Waals surface area contributed by atoms with Crippen molar-refractivity contribution in [3.8, 4) is 0 Å². The van der Waals surface area contributed by atoms with Crippen molar-refractivity contribution in [2.24, 2.45) is 5.73 Å². The van der Waals surface area contributed by atoms with Gasteiger partial charge in [-0.25, -0.2) is 8.78 Å². The van der Waals surface area contributed by atoms with E-state index >= 15 is 0 Å². The number of hydrogen-bond acceptors (Lipinski definition) is 2. The minimum Gasteiger partial charge on any atom is -0.394 e. The Kier molecular flexibility index (Phi) is 3.18. The van der Waals surface area contributed by atoms with Crippen LogP contribution >= 0.6 is 0 Å². The maximum Gasteiger partial charge on any atom is 0.263 e. The van der Waals surface area contributed by atoms with E-state index in [2.05, 4.69) is 0 Å². The van der Waals surface area contributed by atoms with E-state index < -0.39 is 12.0 Å². The molecule has 4 heteroatoms. The zero-order valence-corrected chi connectivity index (χ0v) is 7.87. The van der Waals surface area contributed by atoms with Crippen molar-refractivity contribution in [1.82, 2.24) is 0 Å². The van der Waals surface area contributed by atoms with Crippen molar-refractivity contribution in [1.29, 1.82) is 0 Å². The molecule has 0 saturated heterocycles. The monoisotopic (exact) mass is 201 g/mol. The van der Waals surface area contributed by atoms with Gasteiger partial charge in [-0.05, 0) is 18.6 Å². The van der Waals surface area contributed by atoms with Crippen LogP contribution in [0.25, 0.3) is 0 Å². The van der Waals surface area contributed by atoms with Gasteiger partial charge in [-0.15, -0.1) is 0 Å². The first-order chi connectivity index (χ1) is 6.47. The number of alkyl halides is 2. The zero-order valence-electron chi connectivity index (χ0n) is 7.87. The Morgan fingerprint density at radius 2 is 2.14 bits per heavy atom. The molecule has 14 heavy (non-hydrogen) atoms. The van der Waals surface area contributed by atoms with E-state index in [1.807, 2.05) is 0 Å². The Morgan fingerprint density at radius 1 is 1.50 bits per heavy atom. The van der Waals surface area contributed by atoms with Gasteiger partial charge in [0.2, 0.25) is 0 Å². The molecule has 1 rings (SSSR count). The average Bonchev–Trinajstić information content (AvgIpc) is 2.18. The van der Waals surface area contributed by atoms with E-state index in [-0.39, 0.29) is 12.2 Å². The molecule has 2 nitrogen and oxygen atoms in total. The highest BCUT2D eigenvalue weighted by Gasteiger charge is 2.21. The first kappa shape index (κ1) is 11.1. The van der Waals surface area contributed by atoms with Gasteiger partial charge < -0.3 is 10.8 Å². The molecule has 78 valence electrons. The molecule has 0 aromatic heterocycles. The fourth-order valence-electron chi connectivity index (χ4n) is 1.12. The highest BCUT2D eigenvalue weighted by atomic mass is 19.3. The molecule has 0 bridgehead atoms. The summed E-state index contributed by atoms with van der Waals surface area (Å²) in [6, 6.07) is 5.79. The number of rotatable bonds is 3. The van der Waals surface area contributed by atoms with Crippen molar-refractivity contribution in [2.75, 3.05) is 6.61 Å². The molecule has 0 heterocycles. The molecule has 1 atom stereocenters. The fourth-order valence-corrected chi connectivity index (χ4v) is 1.12. The minimum atomic E-state index is -2.51. The summed E-state index contributed by atoms with van der Waals surface area (Å²) in [5.41, 5.74) is 5.18. The highest BCUT2D eigenvalue weighted by Crippen LogP contribution is 2.24. The standard InChI is InChI=1S/C10H13F2NO/c1-10(13,6-14)8-4-2-3-7(5-8)9(11)12/h2-5,9,14H,6,13H2,1H3. The van der Waals surface area contributed by atoms with E-state index in [9.17, 15) is 8.78 Å². The highest BCUT2D eigenvalue weighted by molar-refractivity contribution is 5.29. The lowest BCUT2D eigenvalue weighted by Gasteiger charge is -2.22. The summed E-state index contributed by atoms with van der Waals surface area (Å²) in [6.07, 6.45) is -2.51. The van der Waals surface area contributed by atoms with Crippen LogP contribution in [0.4, 0.5) is 8.78 Å². The third kappa shape index (κ3) is 2.27. The van der Waals surface area contributed by atoms with Crippen LogP contribution in [0.15, 0.2) is 24.3 Å². The van der Waals surface area contributed by atoms with Crippen molar-refractivity contribution < 1.29 is 13.9 Å². The van der Waals surface area contributed by atoms with E-state index in [4.69, 9.17) is 10.8 Å². The molecule has 0 amide bonds. The number of aliphatic hydroxyl groups is 1. The number of hydrogen-bond donors (Lipinski definition) is 2. The smallest absolute Gasteiger partial charge is 0.263 e. The third-order valence-corrected chi connectivity index (χ3v) is 2.13. The predicted octanol–water partition coefficient (Wildman–Crippen LogP) is 1.79. The van der Waals surface area contributed by atoms with Crippen molar-refractivity contribution in [3.63, 3.8) is 0 Å². The lowest BCUT2D eigenvalue weighted by atomic mass is 9.93. The van der Waals surface area contributed by atoms with Crippen LogP contribution in [0.1, 0.15) is 24.5 Å². The molecular formula is C10H13F2NO. The second-order valence-corrected chi connectivity index (χ2v) is 3.50. The van der Waals surface area contributed by atoms with Crippen molar-refractivity contribution in [3.05, 3.63) is 35.4 Å². The summed E-state index contributed by atoms with van der Waals surface area (Å²) in [4.78, 5) is 0. The molecule has 0 saturated carbocycles. The van der Waals surface area contributed by atoms with Gasteiger partial charge in [-0.3, -0.25) is 0 Å². The van der Waals surface area contributed by atoms with E-state index in [1.165, 1.54) is 18.2 Å². The van der Waals surface area contributed by atoms with Crippen LogP contribution in [0.3, 0.4) is 0 Å². The van der Waals surface area contributed by atoms with Gasteiger partial charge in [-0.2, -0.15) is 0 Å². The lowest BCUT2D eigenvalue weighted by Crippen LogP contribution is -2.36. The Hall–Kier alpha value is -1.00. The van der Waals surface area contributed by atoms with Gasteiger partial charge in [0.25, 0.3) is 6.43 Å². The molecule has 1 aromatic carbocycles. The number of halogens is 2. The van der Waals surface area contributed by atoms with E-state index in [0.29, 0.717) is 5.56 Å². The van der Waals surface area contributed by atoms with Gasteiger partial charge in [0, 0.05) is 5.56 Å². The van der Waals surface area contributed by atoms with Crippen LogP contribution in [0.5, 0.6) is 0 Å². The second kappa shape index (κ2) is 4.02. The van der Waals surface area contributed by atoms with Crippen LogP contribution in [0.2, 0.25) is 0 Å². The fraction of sp³-hybridized carbons (Fsp3) is 0.400. The van der Waals surface area contributed by atoms with Gasteiger partial charge >= 0.3 is 0 Å². The summed E-state index contributed by atoms with van der Waals surface area (Å²) in [5.74, 6) is 0. The Morgan fingerprint density at radius 3 is 2.64 bits per heavy atom. The lowest BCUT2D eigenvalue weighted by molar-refractivity contribution is 0.150. The molecule has 0 radical (unpaired) electrons. The SMILES string of the molecule is CC(N)(CO)c1cccc(C(F)F)c1. The first-order valence-corrected chi connectivity index (χ1v) is 4.25. The first-order valence-electron chi connectivity index (χ1n) is 4.25. The molecule has 0 fully saturated rings. The van der Waals surface area contributed by atoms with Crippen LogP contribution in [-0.2, 0) is 5.54 Å². The molecule has 1 aromatic rings. The molecular weight excluding hydrogens is 188 g/mol. The van der Waals surface area contributed by atoms with E-state index in [0.717, 1.165) is 0 Å². The molecule has 0 spiro atoms. The zero-order chi connectivity index (χ0) is 10.8. The average molecular weight is 201 g/mol. The van der Waals surface area contributed by atoms with Crippen LogP contribution < -0.4 is 5.73 Å². The number of aliphatic hydroxyl groups excluding tert-OH is 1. The summed E-state index contributed by atoms with van der Waals surface area (Å²) in [6.45, 7) is 1.32. The van der Waals surface area contributed by atoms with Crippen LogP contribution in [0, 0.1) is 0 Å². The Balaban J connectivity index is 3.05. The maximum absolute atomic E-state index is 12.3. The normalized spacial score (nSPS) is 15.6. The number of benzene rings is 1. The topological polar surface area (TPSA) is 46.2 Å². The van der Waals surface area contributed by atoms with Crippen molar-refractivity contribution in [2.45, 2.75) is 18.9 Å². The third-order valence-electron chi connectivity index (χ3n) is 2.13. The second-order valence-electron chi connectivity index (χ2n) is 3.50. The predicted molar refractivity (Wildman–Crippen MR) is 50.0 cm³/mol. The minimum absolute atomic E-state index is 0.0763. The molecule has 1 unspecified atom stereocenters. The molecule has 0 aliphatic carbocycles. The van der Waals surface area contributed by atoms with E-state index in [1.54, 1.807) is 13.0 Å². The maximum atomic E-state index is 12.3. The molecule has 0 aliphatic heterocycles. The van der Waals surface area contributed by atoms with Gasteiger partial charge in [0.1, 0.15) is 0 Å². The van der Waals surface area contributed by atoms with Gasteiger partial charge in [0.05, 0.1) is 12.1 Å². The van der Waals surface area contributed by atoms with Gasteiger partial charge in [0.15, 0.2) is 0 Å². The Bertz CT molecular complexity index is 313. The number of nitrogens with two attached hydrogens (primary N) is 1. The summed E-state index contributed by atoms with van der Waals surface area (Å²) >= 11 is 0.